The number of nitrogens with one attached hydrogen (secondary N) is 1. The molecule has 1 aliphatic heterocycles. The first kappa shape index (κ1) is 13.8. The second-order valence-electron chi connectivity index (χ2n) is 6.06. The number of aliphatic hydroxyl groups is 1. The fraction of sp³-hybridized carbons (Fsp3) is 0.929. The Bertz CT molecular complexity index is 275. The average Bonchev–Trinajstić information content (AvgIpc) is 2.82. The molecule has 1 aliphatic carbocycles. The van der Waals surface area contributed by atoms with Crippen LogP contribution in [0.1, 0.15) is 32.1 Å². The van der Waals surface area contributed by atoms with Crippen LogP contribution >= 0.6 is 0 Å². The molecule has 0 radical (unpaired) electrons. The van der Waals surface area contributed by atoms with Crippen LogP contribution in [0.4, 0.5) is 0 Å². The Kier molecular flexibility index (Phi) is 5.01. The van der Waals surface area contributed by atoms with E-state index in [1.54, 1.807) is 0 Å². The summed E-state index contributed by atoms with van der Waals surface area (Å²) < 4.78 is 0. The molecule has 0 aromatic carbocycles. The van der Waals surface area contributed by atoms with Crippen molar-refractivity contribution in [2.45, 2.75) is 32.1 Å². The topological polar surface area (TPSA) is 52.6 Å². The van der Waals surface area contributed by atoms with Crippen molar-refractivity contribution in [1.29, 1.82) is 0 Å². The summed E-state index contributed by atoms with van der Waals surface area (Å²) in [5, 5.41) is 12.2. The molecule has 2 fully saturated rings. The highest BCUT2D eigenvalue weighted by molar-refractivity contribution is 5.78. The van der Waals surface area contributed by atoms with Crippen LogP contribution in [-0.2, 0) is 4.79 Å². The van der Waals surface area contributed by atoms with Crippen LogP contribution in [0.15, 0.2) is 0 Å². The lowest BCUT2D eigenvalue weighted by Gasteiger charge is -2.26. The second-order valence-corrected chi connectivity index (χ2v) is 6.06. The lowest BCUT2D eigenvalue weighted by Crippen LogP contribution is -2.37. The van der Waals surface area contributed by atoms with Crippen LogP contribution in [0.25, 0.3) is 0 Å². The molecule has 0 spiro atoms. The van der Waals surface area contributed by atoms with Gasteiger partial charge < -0.3 is 15.3 Å². The maximum absolute atomic E-state index is 12.0. The number of hydrogen-bond acceptors (Lipinski definition) is 3. The van der Waals surface area contributed by atoms with Gasteiger partial charge in [0.2, 0.25) is 5.91 Å². The standard InChI is InChI=1S/C14H26N2O2/c1-16-7-6-12(9-16)8-15-14(18)13-4-2-11(10-17)3-5-13/h11-13,17H,2-10H2,1H3,(H,15,18). The molecule has 2 N–H and O–H groups in total. The van der Waals surface area contributed by atoms with Gasteiger partial charge in [-0.2, -0.15) is 0 Å². The van der Waals surface area contributed by atoms with Crippen molar-refractivity contribution in [3.8, 4) is 0 Å². The fourth-order valence-corrected chi connectivity index (χ4v) is 3.19. The summed E-state index contributed by atoms with van der Waals surface area (Å²) in [5.41, 5.74) is 0. The van der Waals surface area contributed by atoms with Crippen molar-refractivity contribution in [3.05, 3.63) is 0 Å². The van der Waals surface area contributed by atoms with Gasteiger partial charge in [-0.3, -0.25) is 4.79 Å². The summed E-state index contributed by atoms with van der Waals surface area (Å²) in [6.07, 6.45) is 5.10. The first-order valence-electron chi connectivity index (χ1n) is 7.26. The predicted octanol–water partition coefficient (Wildman–Crippen LogP) is 0.853. The number of rotatable bonds is 4. The molecule has 0 bridgehead atoms. The van der Waals surface area contributed by atoms with Gasteiger partial charge in [0, 0.05) is 25.6 Å². The highest BCUT2D eigenvalue weighted by Gasteiger charge is 2.27. The second kappa shape index (κ2) is 6.53. The van der Waals surface area contributed by atoms with Crippen LogP contribution in [-0.4, -0.2) is 49.2 Å². The van der Waals surface area contributed by atoms with Crippen molar-refractivity contribution in [1.82, 2.24) is 10.2 Å². The number of aliphatic hydroxyl groups excluding tert-OH is 1. The third kappa shape index (κ3) is 3.69. The summed E-state index contributed by atoms with van der Waals surface area (Å²) in [5.74, 6) is 1.48. The minimum Gasteiger partial charge on any atom is -0.396 e. The molecular formula is C14H26N2O2. The Balaban J connectivity index is 1.66. The summed E-state index contributed by atoms with van der Waals surface area (Å²) in [6.45, 7) is 3.38. The largest absolute Gasteiger partial charge is 0.396 e. The molecule has 104 valence electrons. The van der Waals surface area contributed by atoms with Crippen LogP contribution < -0.4 is 5.32 Å². The molecule has 1 saturated heterocycles. The average molecular weight is 254 g/mol. The summed E-state index contributed by atoms with van der Waals surface area (Å²) in [7, 11) is 2.14. The number of likely N-dealkylation sites (tertiary alicyclic amines) is 1. The van der Waals surface area contributed by atoms with Crippen LogP contribution in [0.5, 0.6) is 0 Å². The zero-order chi connectivity index (χ0) is 13.0. The number of carbonyl (C=O) groups excluding carboxylic acids is 1. The van der Waals surface area contributed by atoms with Crippen LogP contribution in [0.3, 0.4) is 0 Å². The molecule has 18 heavy (non-hydrogen) atoms. The van der Waals surface area contributed by atoms with Gasteiger partial charge in [-0.15, -0.1) is 0 Å². The molecule has 2 aliphatic rings. The maximum Gasteiger partial charge on any atom is 0.223 e. The van der Waals surface area contributed by atoms with E-state index in [4.69, 9.17) is 5.11 Å². The third-order valence-electron chi connectivity index (χ3n) is 4.53. The van der Waals surface area contributed by atoms with Crippen molar-refractivity contribution >= 4 is 5.91 Å². The molecule has 1 saturated carbocycles. The van der Waals surface area contributed by atoms with Gasteiger partial charge in [0.1, 0.15) is 0 Å². The van der Waals surface area contributed by atoms with Crippen molar-refractivity contribution in [2.75, 3.05) is 33.3 Å². The molecule has 0 aromatic heterocycles. The summed E-state index contributed by atoms with van der Waals surface area (Å²) in [6, 6.07) is 0. The monoisotopic (exact) mass is 254 g/mol. The van der Waals surface area contributed by atoms with Gasteiger partial charge in [0.25, 0.3) is 0 Å². The summed E-state index contributed by atoms with van der Waals surface area (Å²) in [4.78, 5) is 14.4. The quantitative estimate of drug-likeness (QED) is 0.782. The molecule has 1 heterocycles. The summed E-state index contributed by atoms with van der Waals surface area (Å²) >= 11 is 0. The molecule has 0 aromatic rings. The third-order valence-corrected chi connectivity index (χ3v) is 4.53. The fourth-order valence-electron chi connectivity index (χ4n) is 3.19. The molecule has 4 nitrogen and oxygen atoms in total. The zero-order valence-electron chi connectivity index (χ0n) is 11.4. The van der Waals surface area contributed by atoms with E-state index in [1.807, 2.05) is 0 Å². The van der Waals surface area contributed by atoms with Gasteiger partial charge >= 0.3 is 0 Å². The first-order chi connectivity index (χ1) is 8.69. The van der Waals surface area contributed by atoms with Gasteiger partial charge in [0.15, 0.2) is 0 Å². The SMILES string of the molecule is CN1CCC(CNC(=O)C2CCC(CO)CC2)C1. The molecule has 1 unspecified atom stereocenters. The zero-order valence-corrected chi connectivity index (χ0v) is 11.4. The number of carbonyl (C=O) groups is 1. The van der Waals surface area contributed by atoms with Crippen molar-refractivity contribution in [3.63, 3.8) is 0 Å². The van der Waals surface area contributed by atoms with E-state index in [2.05, 4.69) is 17.3 Å². The molecule has 1 amide bonds. The van der Waals surface area contributed by atoms with Gasteiger partial charge in [0.05, 0.1) is 0 Å². The highest BCUT2D eigenvalue weighted by atomic mass is 16.3. The Morgan fingerprint density at radius 1 is 1.22 bits per heavy atom. The van der Waals surface area contributed by atoms with E-state index < -0.39 is 0 Å². The van der Waals surface area contributed by atoms with E-state index >= 15 is 0 Å². The molecule has 4 heteroatoms. The lowest BCUT2D eigenvalue weighted by molar-refractivity contribution is -0.126. The van der Waals surface area contributed by atoms with Crippen molar-refractivity contribution < 1.29 is 9.90 Å². The van der Waals surface area contributed by atoms with E-state index in [-0.39, 0.29) is 18.4 Å². The van der Waals surface area contributed by atoms with E-state index in [1.165, 1.54) is 6.42 Å². The van der Waals surface area contributed by atoms with Gasteiger partial charge in [-0.05, 0) is 57.5 Å². The Labute approximate surface area is 110 Å². The van der Waals surface area contributed by atoms with E-state index in [0.29, 0.717) is 11.8 Å². The predicted molar refractivity (Wildman–Crippen MR) is 71.1 cm³/mol. The van der Waals surface area contributed by atoms with Crippen LogP contribution in [0.2, 0.25) is 0 Å². The van der Waals surface area contributed by atoms with Crippen molar-refractivity contribution in [2.24, 2.45) is 17.8 Å². The van der Waals surface area contributed by atoms with Crippen LogP contribution in [0, 0.1) is 17.8 Å². The minimum absolute atomic E-state index is 0.187. The Hall–Kier alpha value is -0.610. The van der Waals surface area contributed by atoms with Gasteiger partial charge in [-0.25, -0.2) is 0 Å². The Morgan fingerprint density at radius 2 is 1.94 bits per heavy atom. The van der Waals surface area contributed by atoms with Gasteiger partial charge in [-0.1, -0.05) is 0 Å². The highest BCUT2D eigenvalue weighted by Crippen LogP contribution is 2.28. The lowest BCUT2D eigenvalue weighted by atomic mass is 9.82. The molecule has 1 atom stereocenters. The number of hydrogen-bond donors (Lipinski definition) is 2. The van der Waals surface area contributed by atoms with E-state index in [9.17, 15) is 4.79 Å². The Morgan fingerprint density at radius 3 is 2.50 bits per heavy atom. The molecule has 2 rings (SSSR count). The number of amides is 1. The smallest absolute Gasteiger partial charge is 0.223 e. The first-order valence-corrected chi connectivity index (χ1v) is 7.26. The maximum atomic E-state index is 12.0. The normalized spacial score (nSPS) is 33.6. The molecular weight excluding hydrogens is 228 g/mol. The van der Waals surface area contributed by atoms with E-state index in [0.717, 1.165) is 45.3 Å². The minimum atomic E-state index is 0.187. The number of nitrogens with zero attached hydrogens (tertiary/aromatic N) is 1.